The van der Waals surface area contributed by atoms with Gasteiger partial charge in [0.2, 0.25) is 0 Å². The van der Waals surface area contributed by atoms with Crippen molar-refractivity contribution in [3.8, 4) is 11.4 Å². The Morgan fingerprint density at radius 2 is 1.96 bits per heavy atom. The second kappa shape index (κ2) is 5.37. The SMILES string of the molecule is COc1cccc2sc3c(=O)n(-c4ccc(Cl)cc4)cnc3c12. The van der Waals surface area contributed by atoms with Crippen molar-refractivity contribution in [3.63, 3.8) is 0 Å². The van der Waals surface area contributed by atoms with Crippen molar-refractivity contribution in [2.45, 2.75) is 0 Å². The lowest BCUT2D eigenvalue weighted by Gasteiger charge is -2.05. The molecule has 0 saturated carbocycles. The minimum atomic E-state index is -0.0967. The Kier molecular flexibility index (Phi) is 3.32. The maximum Gasteiger partial charge on any atom is 0.275 e. The van der Waals surface area contributed by atoms with Gasteiger partial charge in [0.1, 0.15) is 16.8 Å². The molecule has 4 nitrogen and oxygen atoms in total. The number of hydrogen-bond donors (Lipinski definition) is 0. The summed E-state index contributed by atoms with van der Waals surface area (Å²) in [7, 11) is 1.62. The van der Waals surface area contributed by atoms with Crippen LogP contribution in [-0.2, 0) is 0 Å². The number of benzene rings is 2. The molecule has 0 saturated heterocycles. The van der Waals surface area contributed by atoms with E-state index in [2.05, 4.69) is 4.98 Å². The fourth-order valence-corrected chi connectivity index (χ4v) is 3.83. The summed E-state index contributed by atoms with van der Waals surface area (Å²) in [5, 5.41) is 1.51. The zero-order chi connectivity index (χ0) is 16.0. The highest BCUT2D eigenvalue weighted by Crippen LogP contribution is 2.36. The van der Waals surface area contributed by atoms with Gasteiger partial charge in [-0.1, -0.05) is 17.7 Å². The van der Waals surface area contributed by atoms with Crippen molar-refractivity contribution in [2.24, 2.45) is 0 Å². The summed E-state index contributed by atoms with van der Waals surface area (Å²) < 4.78 is 8.53. The van der Waals surface area contributed by atoms with E-state index in [-0.39, 0.29) is 5.56 Å². The first-order valence-corrected chi connectivity index (χ1v) is 8.11. The molecule has 4 aromatic rings. The summed E-state index contributed by atoms with van der Waals surface area (Å²) in [6.45, 7) is 0. The molecule has 2 aromatic carbocycles. The first-order chi connectivity index (χ1) is 11.2. The monoisotopic (exact) mass is 342 g/mol. The van der Waals surface area contributed by atoms with Crippen LogP contribution in [0, 0.1) is 0 Å². The molecule has 0 unspecified atom stereocenters. The lowest BCUT2D eigenvalue weighted by Crippen LogP contribution is -2.17. The molecule has 2 heterocycles. The largest absolute Gasteiger partial charge is 0.496 e. The zero-order valence-corrected chi connectivity index (χ0v) is 13.7. The Morgan fingerprint density at radius 1 is 1.17 bits per heavy atom. The molecule has 0 aliphatic carbocycles. The lowest BCUT2D eigenvalue weighted by molar-refractivity contribution is 0.420. The topological polar surface area (TPSA) is 44.1 Å². The number of hydrogen-bond acceptors (Lipinski definition) is 4. The van der Waals surface area contributed by atoms with Crippen LogP contribution in [0.4, 0.5) is 0 Å². The van der Waals surface area contributed by atoms with Crippen molar-refractivity contribution >= 4 is 43.2 Å². The van der Waals surface area contributed by atoms with Crippen LogP contribution in [0.3, 0.4) is 0 Å². The normalized spacial score (nSPS) is 11.2. The van der Waals surface area contributed by atoms with E-state index in [1.165, 1.54) is 15.9 Å². The van der Waals surface area contributed by atoms with E-state index in [9.17, 15) is 4.79 Å². The Balaban J connectivity index is 2.04. The van der Waals surface area contributed by atoms with Gasteiger partial charge in [0.25, 0.3) is 5.56 Å². The predicted octanol–water partition coefficient (Wildman–Crippen LogP) is 4.26. The van der Waals surface area contributed by atoms with Gasteiger partial charge < -0.3 is 4.74 Å². The van der Waals surface area contributed by atoms with Gasteiger partial charge in [0.05, 0.1) is 23.7 Å². The molecule has 23 heavy (non-hydrogen) atoms. The molecule has 0 fully saturated rings. The molecule has 4 rings (SSSR count). The second-order valence-electron chi connectivity index (χ2n) is 5.01. The highest BCUT2D eigenvalue weighted by molar-refractivity contribution is 7.25. The molecule has 6 heteroatoms. The third kappa shape index (κ3) is 2.20. The van der Waals surface area contributed by atoms with Gasteiger partial charge in [-0.15, -0.1) is 11.3 Å². The van der Waals surface area contributed by atoms with Gasteiger partial charge in [0, 0.05) is 9.72 Å². The second-order valence-corrected chi connectivity index (χ2v) is 6.50. The average Bonchev–Trinajstić information content (AvgIpc) is 2.96. The van der Waals surface area contributed by atoms with Crippen molar-refractivity contribution in [1.29, 1.82) is 0 Å². The molecule has 2 aromatic heterocycles. The third-order valence-corrected chi connectivity index (χ3v) is 5.08. The number of halogens is 1. The number of methoxy groups -OCH3 is 1. The zero-order valence-electron chi connectivity index (χ0n) is 12.1. The van der Waals surface area contributed by atoms with E-state index in [1.54, 1.807) is 37.7 Å². The van der Waals surface area contributed by atoms with Crippen molar-refractivity contribution in [3.05, 3.63) is 64.2 Å². The fraction of sp³-hybridized carbons (Fsp3) is 0.0588. The van der Waals surface area contributed by atoms with E-state index in [0.717, 1.165) is 21.5 Å². The summed E-state index contributed by atoms with van der Waals surface area (Å²) in [4.78, 5) is 17.3. The molecule has 0 aliphatic rings. The minimum Gasteiger partial charge on any atom is -0.496 e. The van der Waals surface area contributed by atoms with E-state index < -0.39 is 0 Å². The van der Waals surface area contributed by atoms with Gasteiger partial charge >= 0.3 is 0 Å². The van der Waals surface area contributed by atoms with Gasteiger partial charge in [-0.25, -0.2) is 4.98 Å². The Bertz CT molecular complexity index is 1080. The number of ether oxygens (including phenoxy) is 1. The fourth-order valence-electron chi connectivity index (χ4n) is 2.60. The third-order valence-electron chi connectivity index (χ3n) is 3.69. The summed E-state index contributed by atoms with van der Waals surface area (Å²) in [5.41, 5.74) is 1.32. The van der Waals surface area contributed by atoms with E-state index in [1.807, 2.05) is 18.2 Å². The van der Waals surface area contributed by atoms with E-state index in [4.69, 9.17) is 16.3 Å². The first-order valence-electron chi connectivity index (χ1n) is 6.92. The quantitative estimate of drug-likeness (QED) is 0.546. The molecule has 0 N–H and O–H groups in total. The van der Waals surface area contributed by atoms with Gasteiger partial charge in [-0.2, -0.15) is 0 Å². The van der Waals surface area contributed by atoms with Crippen LogP contribution in [0.5, 0.6) is 5.75 Å². The van der Waals surface area contributed by atoms with Gasteiger partial charge in [-0.05, 0) is 36.4 Å². The molecule has 0 amide bonds. The molecule has 114 valence electrons. The molecular formula is C17H11ClN2O2S. The Morgan fingerprint density at radius 3 is 2.70 bits per heavy atom. The number of nitrogens with zero attached hydrogens (tertiary/aromatic N) is 2. The van der Waals surface area contributed by atoms with Gasteiger partial charge in [0.15, 0.2) is 0 Å². The van der Waals surface area contributed by atoms with Crippen LogP contribution in [0.2, 0.25) is 5.02 Å². The lowest BCUT2D eigenvalue weighted by atomic mass is 10.2. The number of fused-ring (bicyclic) bond motifs is 3. The molecule has 0 radical (unpaired) electrons. The Labute approximate surface area is 140 Å². The predicted molar refractivity (Wildman–Crippen MR) is 94.3 cm³/mol. The average molecular weight is 343 g/mol. The molecule has 0 spiro atoms. The summed E-state index contributed by atoms with van der Waals surface area (Å²) >= 11 is 7.33. The van der Waals surface area contributed by atoms with Crippen LogP contribution in [-0.4, -0.2) is 16.7 Å². The maximum absolute atomic E-state index is 12.8. The molecule has 0 atom stereocenters. The van der Waals surface area contributed by atoms with Crippen molar-refractivity contribution < 1.29 is 4.74 Å². The van der Waals surface area contributed by atoms with Gasteiger partial charge in [-0.3, -0.25) is 9.36 Å². The molecular weight excluding hydrogens is 332 g/mol. The van der Waals surface area contributed by atoms with Crippen LogP contribution in [0.15, 0.2) is 53.6 Å². The van der Waals surface area contributed by atoms with E-state index >= 15 is 0 Å². The maximum atomic E-state index is 12.8. The molecule has 0 bridgehead atoms. The summed E-state index contributed by atoms with van der Waals surface area (Å²) in [5.74, 6) is 0.727. The number of rotatable bonds is 2. The van der Waals surface area contributed by atoms with Crippen molar-refractivity contribution in [1.82, 2.24) is 9.55 Å². The highest BCUT2D eigenvalue weighted by Gasteiger charge is 2.15. The standard InChI is InChI=1S/C17H11ClN2O2S/c1-22-12-3-2-4-13-14(12)15-16(23-13)17(21)20(9-19-15)11-7-5-10(18)6-8-11/h2-9H,1H3. The minimum absolute atomic E-state index is 0.0967. The number of thiophene rings is 1. The smallest absolute Gasteiger partial charge is 0.275 e. The highest BCUT2D eigenvalue weighted by atomic mass is 35.5. The van der Waals surface area contributed by atoms with Crippen LogP contribution < -0.4 is 10.3 Å². The first kappa shape index (κ1) is 14.2. The van der Waals surface area contributed by atoms with Crippen LogP contribution in [0.1, 0.15) is 0 Å². The van der Waals surface area contributed by atoms with E-state index in [0.29, 0.717) is 15.2 Å². The summed E-state index contributed by atoms with van der Waals surface area (Å²) in [6.07, 6.45) is 1.55. The Hall–Kier alpha value is -2.37. The molecule has 0 aliphatic heterocycles. The summed E-state index contributed by atoms with van der Waals surface area (Å²) in [6, 6.07) is 12.9. The van der Waals surface area contributed by atoms with Crippen LogP contribution in [0.25, 0.3) is 26.0 Å². The van der Waals surface area contributed by atoms with Crippen molar-refractivity contribution in [2.75, 3.05) is 7.11 Å². The van der Waals surface area contributed by atoms with Crippen LogP contribution >= 0.6 is 22.9 Å². The number of aromatic nitrogens is 2.